The lowest BCUT2D eigenvalue weighted by Crippen LogP contribution is -2.43. The molecule has 0 spiro atoms. The minimum Gasteiger partial charge on any atom is -0.468 e. The third-order valence-electron chi connectivity index (χ3n) is 4.99. The Balaban J connectivity index is 2.15. The largest absolute Gasteiger partial charge is 0.514 e. The molecule has 1 N–H and O–H groups in total. The van der Waals surface area contributed by atoms with Crippen molar-refractivity contribution < 1.29 is 52.3 Å². The molecule has 230 valence electrons. The number of carbonyl (C=O) groups excluding carboxylic acids is 4. The molecule has 0 fully saturated rings. The van der Waals surface area contributed by atoms with E-state index in [1.165, 1.54) is 19.2 Å². The van der Waals surface area contributed by atoms with Crippen LogP contribution in [0.2, 0.25) is 0 Å². The summed E-state index contributed by atoms with van der Waals surface area (Å²) in [6.45, 7) is 11.7. The van der Waals surface area contributed by atoms with E-state index in [1.54, 1.807) is 84.9 Å². The molecular formula is C30H39NO11. The number of nitrogens with one attached hydrogen (secondary N) is 1. The first-order valence-corrected chi connectivity index (χ1v) is 13.2. The molecule has 0 bridgehead atoms. The maximum absolute atomic E-state index is 12.5. The van der Waals surface area contributed by atoms with Crippen molar-refractivity contribution >= 4 is 24.4 Å². The van der Waals surface area contributed by atoms with Crippen LogP contribution in [0.15, 0.2) is 48.5 Å². The average molecular weight is 590 g/mol. The summed E-state index contributed by atoms with van der Waals surface area (Å²) in [7, 11) is 1.24. The second kappa shape index (κ2) is 15.1. The predicted octanol–water partition coefficient (Wildman–Crippen LogP) is 5.59. The quantitative estimate of drug-likeness (QED) is 0.209. The summed E-state index contributed by atoms with van der Waals surface area (Å²) in [4.78, 5) is 49.3. The molecule has 0 aromatic heterocycles. The van der Waals surface area contributed by atoms with Crippen LogP contribution in [0.5, 0.6) is 17.2 Å². The van der Waals surface area contributed by atoms with Crippen molar-refractivity contribution in [3.8, 4) is 17.2 Å². The van der Waals surface area contributed by atoms with Crippen LogP contribution in [0.4, 0.5) is 14.4 Å². The fraction of sp³-hybridized carbons (Fsp3) is 0.467. The van der Waals surface area contributed by atoms with Crippen LogP contribution >= 0.6 is 0 Å². The van der Waals surface area contributed by atoms with Gasteiger partial charge in [-0.2, -0.15) is 0 Å². The van der Waals surface area contributed by atoms with Crippen molar-refractivity contribution in [2.24, 2.45) is 0 Å². The van der Waals surface area contributed by atoms with Crippen molar-refractivity contribution in [1.29, 1.82) is 0 Å². The topological polar surface area (TPSA) is 145 Å². The zero-order chi connectivity index (χ0) is 31.5. The Hall–Kier alpha value is -4.32. The highest BCUT2D eigenvalue weighted by atomic mass is 16.8. The summed E-state index contributed by atoms with van der Waals surface area (Å²) < 4.78 is 36.3. The summed E-state index contributed by atoms with van der Waals surface area (Å²) in [5.41, 5.74) is -1.14. The molecule has 0 radical (unpaired) electrons. The number of carbonyl (C=O) groups is 4. The van der Waals surface area contributed by atoms with Crippen LogP contribution in [-0.2, 0) is 30.2 Å². The summed E-state index contributed by atoms with van der Waals surface area (Å²) in [5, 5.41) is 3.01. The third-order valence-corrected chi connectivity index (χ3v) is 4.99. The Bertz CT molecular complexity index is 1220. The normalized spacial score (nSPS) is 12.8. The summed E-state index contributed by atoms with van der Waals surface area (Å²) >= 11 is 0. The van der Waals surface area contributed by atoms with Crippen molar-refractivity contribution in [3.63, 3.8) is 0 Å². The molecule has 0 saturated heterocycles. The lowest BCUT2D eigenvalue weighted by atomic mass is 10.0. The SMILES string of the molecule is COC(=O)[C@H](Cc1ccc(OC(=O)OC(C)(C)C)c(OC(=O)OC(C)(C)C)c1)NCC(C)OC(=O)Oc1ccccc1. The maximum Gasteiger partial charge on any atom is 0.514 e. The number of methoxy groups -OCH3 is 1. The molecule has 0 heterocycles. The molecule has 0 aliphatic heterocycles. The molecule has 2 aromatic carbocycles. The van der Waals surface area contributed by atoms with Gasteiger partial charge in [-0.15, -0.1) is 0 Å². The number of hydrogen-bond donors (Lipinski definition) is 1. The van der Waals surface area contributed by atoms with Crippen LogP contribution in [0, 0.1) is 0 Å². The molecule has 1 unspecified atom stereocenters. The van der Waals surface area contributed by atoms with Crippen LogP contribution in [0.25, 0.3) is 0 Å². The molecule has 0 aliphatic rings. The highest BCUT2D eigenvalue weighted by molar-refractivity contribution is 5.76. The van der Waals surface area contributed by atoms with Gasteiger partial charge in [0.05, 0.1) is 7.11 Å². The van der Waals surface area contributed by atoms with Gasteiger partial charge in [0.25, 0.3) is 0 Å². The zero-order valence-corrected chi connectivity index (χ0v) is 25.2. The van der Waals surface area contributed by atoms with Gasteiger partial charge >= 0.3 is 24.4 Å². The van der Waals surface area contributed by atoms with E-state index in [-0.39, 0.29) is 24.5 Å². The van der Waals surface area contributed by atoms with E-state index in [0.717, 1.165) is 0 Å². The van der Waals surface area contributed by atoms with E-state index in [4.69, 9.17) is 33.2 Å². The minimum absolute atomic E-state index is 0.0747. The lowest BCUT2D eigenvalue weighted by Gasteiger charge is -2.22. The molecule has 12 nitrogen and oxygen atoms in total. The molecule has 0 saturated carbocycles. The number of benzene rings is 2. The highest BCUT2D eigenvalue weighted by Crippen LogP contribution is 2.31. The van der Waals surface area contributed by atoms with Gasteiger partial charge in [0.2, 0.25) is 0 Å². The summed E-state index contributed by atoms with van der Waals surface area (Å²) in [5.74, 6) is -0.478. The molecule has 2 rings (SSSR count). The summed E-state index contributed by atoms with van der Waals surface area (Å²) in [6, 6.07) is 12.0. The van der Waals surface area contributed by atoms with Gasteiger partial charge in [-0.25, -0.2) is 14.4 Å². The van der Waals surface area contributed by atoms with E-state index >= 15 is 0 Å². The Morgan fingerprint density at radius 3 is 1.88 bits per heavy atom. The van der Waals surface area contributed by atoms with E-state index in [2.05, 4.69) is 5.32 Å². The fourth-order valence-corrected chi connectivity index (χ4v) is 3.30. The Morgan fingerprint density at radius 1 is 0.762 bits per heavy atom. The highest BCUT2D eigenvalue weighted by Gasteiger charge is 2.26. The fourth-order valence-electron chi connectivity index (χ4n) is 3.30. The lowest BCUT2D eigenvalue weighted by molar-refractivity contribution is -0.143. The van der Waals surface area contributed by atoms with E-state index in [0.29, 0.717) is 11.3 Å². The smallest absolute Gasteiger partial charge is 0.468 e. The third kappa shape index (κ3) is 12.9. The Morgan fingerprint density at radius 2 is 1.33 bits per heavy atom. The van der Waals surface area contributed by atoms with Gasteiger partial charge in [0.15, 0.2) is 11.5 Å². The number of esters is 1. The van der Waals surface area contributed by atoms with Crippen molar-refractivity contribution in [2.75, 3.05) is 13.7 Å². The molecule has 0 amide bonds. The molecule has 42 heavy (non-hydrogen) atoms. The Kier molecular flexibility index (Phi) is 12.2. The molecule has 12 heteroatoms. The molecule has 0 aliphatic carbocycles. The monoisotopic (exact) mass is 589 g/mol. The maximum atomic E-state index is 12.5. The van der Waals surface area contributed by atoms with Crippen LogP contribution in [-0.4, -0.2) is 61.4 Å². The minimum atomic E-state index is -1.02. The van der Waals surface area contributed by atoms with Crippen LogP contribution < -0.4 is 19.5 Å². The van der Waals surface area contributed by atoms with Gasteiger partial charge in [0, 0.05) is 6.54 Å². The van der Waals surface area contributed by atoms with E-state index in [1.807, 2.05) is 0 Å². The first-order valence-electron chi connectivity index (χ1n) is 13.2. The first kappa shape index (κ1) is 33.9. The van der Waals surface area contributed by atoms with Crippen LogP contribution in [0.1, 0.15) is 54.0 Å². The van der Waals surface area contributed by atoms with Gasteiger partial charge < -0.3 is 38.5 Å². The van der Waals surface area contributed by atoms with Crippen molar-refractivity contribution in [2.45, 2.75) is 78.2 Å². The molecule has 2 aromatic rings. The van der Waals surface area contributed by atoms with E-state index < -0.39 is 47.8 Å². The number of ether oxygens (including phenoxy) is 7. The second-order valence-corrected chi connectivity index (χ2v) is 11.2. The van der Waals surface area contributed by atoms with Gasteiger partial charge in [-0.3, -0.25) is 4.79 Å². The first-order chi connectivity index (χ1) is 19.5. The van der Waals surface area contributed by atoms with E-state index in [9.17, 15) is 19.2 Å². The standard InChI is InChI=1S/C30H39NO11/c1-19(37-26(33)38-21-12-10-9-11-13-21)18-31-22(25(32)36-8)16-20-14-15-23(39-27(34)41-29(2,3)4)24(17-20)40-28(35)42-30(5,6)7/h9-15,17,19,22,31H,16,18H2,1-8H3/t19?,22-/m0/s1. The number of para-hydroxylation sites is 1. The number of rotatable bonds is 10. The van der Waals surface area contributed by atoms with Crippen molar-refractivity contribution in [1.82, 2.24) is 5.32 Å². The van der Waals surface area contributed by atoms with Crippen molar-refractivity contribution in [3.05, 3.63) is 54.1 Å². The van der Waals surface area contributed by atoms with Crippen LogP contribution in [0.3, 0.4) is 0 Å². The summed E-state index contributed by atoms with van der Waals surface area (Å²) in [6.07, 6.45) is -3.51. The molecular weight excluding hydrogens is 550 g/mol. The molecule has 2 atom stereocenters. The number of hydrogen-bond acceptors (Lipinski definition) is 12. The Labute approximate surface area is 245 Å². The zero-order valence-electron chi connectivity index (χ0n) is 25.2. The van der Waals surface area contributed by atoms with Gasteiger partial charge in [-0.1, -0.05) is 24.3 Å². The average Bonchev–Trinajstić information content (AvgIpc) is 2.85. The second-order valence-electron chi connectivity index (χ2n) is 11.2. The predicted molar refractivity (Wildman–Crippen MR) is 151 cm³/mol. The van der Waals surface area contributed by atoms with Gasteiger partial charge in [-0.05, 0) is 84.7 Å². The van der Waals surface area contributed by atoms with Gasteiger partial charge in [0.1, 0.15) is 29.1 Å².